The number of imidazole rings is 1. The van der Waals surface area contributed by atoms with Crippen LogP contribution in [-0.2, 0) is 30.4 Å². The number of carboxylic acid groups (broad SMARTS) is 1. The molecule has 190 valence electrons. The molecule has 15 heteroatoms. The number of hydrogen-bond acceptors (Lipinski definition) is 9. The fraction of sp³-hybridized carbons (Fsp3) is 0.579. The van der Waals surface area contributed by atoms with Crippen LogP contribution >= 0.6 is 12.6 Å². The second-order valence-electron chi connectivity index (χ2n) is 7.55. The largest absolute Gasteiger partial charge is 0.480 e. The van der Waals surface area contributed by atoms with Gasteiger partial charge in [-0.05, 0) is 25.8 Å². The average molecular weight is 501 g/mol. The zero-order chi connectivity index (χ0) is 25.7. The molecule has 0 saturated heterocycles. The van der Waals surface area contributed by atoms with E-state index in [0.29, 0.717) is 25.1 Å². The molecular weight excluding hydrogens is 468 g/mol. The molecule has 1 aromatic rings. The molecule has 0 saturated carbocycles. The Morgan fingerprint density at radius 2 is 1.65 bits per heavy atom. The summed E-state index contributed by atoms with van der Waals surface area (Å²) in [5, 5.41) is 16.5. The maximum absolute atomic E-state index is 13.1. The lowest BCUT2D eigenvalue weighted by Gasteiger charge is -2.25. The number of unbranched alkanes of at least 4 members (excludes halogenated alkanes) is 1. The maximum atomic E-state index is 13.1. The van der Waals surface area contributed by atoms with Gasteiger partial charge in [-0.2, -0.15) is 12.6 Å². The Morgan fingerprint density at radius 3 is 2.18 bits per heavy atom. The smallest absolute Gasteiger partial charge is 0.327 e. The molecule has 0 radical (unpaired) electrons. The molecule has 0 aliphatic carbocycles. The van der Waals surface area contributed by atoms with Gasteiger partial charge in [0.15, 0.2) is 0 Å². The van der Waals surface area contributed by atoms with Crippen LogP contribution < -0.4 is 33.2 Å². The number of aliphatic carboxylic acids is 1. The van der Waals surface area contributed by atoms with E-state index in [4.69, 9.17) is 17.2 Å². The maximum Gasteiger partial charge on any atom is 0.327 e. The Labute approximate surface area is 201 Å². The number of aromatic nitrogens is 2. The van der Waals surface area contributed by atoms with E-state index < -0.39 is 60.2 Å². The summed E-state index contributed by atoms with van der Waals surface area (Å²) in [5.74, 6) is -4.44. The van der Waals surface area contributed by atoms with Crippen molar-refractivity contribution < 1.29 is 29.1 Å². The number of carboxylic acids is 1. The summed E-state index contributed by atoms with van der Waals surface area (Å²) < 4.78 is 0. The van der Waals surface area contributed by atoms with Crippen molar-refractivity contribution in [1.29, 1.82) is 0 Å². The van der Waals surface area contributed by atoms with E-state index in [2.05, 4.69) is 38.5 Å². The minimum absolute atomic E-state index is 0.0214. The van der Waals surface area contributed by atoms with Gasteiger partial charge in [0.1, 0.15) is 18.1 Å². The number of thiol groups is 1. The topological polar surface area (TPSA) is 248 Å². The predicted molar refractivity (Wildman–Crippen MR) is 124 cm³/mol. The zero-order valence-electron chi connectivity index (χ0n) is 18.5. The number of hydrogen-bond donors (Lipinski definition) is 9. The van der Waals surface area contributed by atoms with Crippen LogP contribution in [0.4, 0.5) is 0 Å². The number of nitrogens with zero attached hydrogens (tertiary/aromatic N) is 1. The number of H-pyrrole nitrogens is 1. The van der Waals surface area contributed by atoms with Crippen molar-refractivity contribution in [2.75, 3.05) is 12.3 Å². The van der Waals surface area contributed by atoms with Crippen molar-refractivity contribution in [3.05, 3.63) is 18.2 Å². The van der Waals surface area contributed by atoms with Crippen LogP contribution in [0.15, 0.2) is 12.5 Å². The lowest BCUT2D eigenvalue weighted by molar-refractivity contribution is -0.141. The number of carbonyl (C=O) groups is 5. The van der Waals surface area contributed by atoms with Crippen molar-refractivity contribution in [3.63, 3.8) is 0 Å². The standard InChI is InChI=1S/C19H32N8O6S/c20-4-2-1-3-12(17(30)27-14(8-34)19(32)33)25-18(31)13(5-10-7-23-9-24-10)26-16(29)11(21)6-15(22)28/h7,9,11-14,34H,1-6,8,20-21H2,(H2,22,28)(H,23,24)(H,25,31)(H,26,29)(H,27,30)(H,32,33). The van der Waals surface area contributed by atoms with Crippen LogP contribution in [0.5, 0.6) is 0 Å². The first-order valence-corrected chi connectivity index (χ1v) is 11.2. The molecule has 14 nitrogen and oxygen atoms in total. The molecule has 0 spiro atoms. The number of aromatic amines is 1. The first kappa shape index (κ1) is 28.9. The molecule has 34 heavy (non-hydrogen) atoms. The molecule has 1 heterocycles. The molecule has 0 aliphatic rings. The van der Waals surface area contributed by atoms with Gasteiger partial charge >= 0.3 is 5.97 Å². The lowest BCUT2D eigenvalue weighted by Crippen LogP contribution is -2.58. The van der Waals surface area contributed by atoms with E-state index in [-0.39, 0.29) is 18.6 Å². The van der Waals surface area contributed by atoms with Gasteiger partial charge in [-0.15, -0.1) is 0 Å². The molecule has 0 bridgehead atoms. The second kappa shape index (κ2) is 14.9. The highest BCUT2D eigenvalue weighted by Crippen LogP contribution is 2.06. The third-order valence-corrected chi connectivity index (χ3v) is 5.11. The van der Waals surface area contributed by atoms with E-state index in [9.17, 15) is 29.1 Å². The Morgan fingerprint density at radius 1 is 1.03 bits per heavy atom. The Hall–Kier alpha value is -3.17. The molecule has 11 N–H and O–H groups in total. The van der Waals surface area contributed by atoms with Crippen molar-refractivity contribution in [3.8, 4) is 0 Å². The van der Waals surface area contributed by atoms with Crippen molar-refractivity contribution in [1.82, 2.24) is 25.9 Å². The van der Waals surface area contributed by atoms with Gasteiger partial charge in [0.05, 0.1) is 18.8 Å². The van der Waals surface area contributed by atoms with Gasteiger partial charge < -0.3 is 43.2 Å². The van der Waals surface area contributed by atoms with Crippen molar-refractivity contribution >= 4 is 42.2 Å². The molecule has 4 unspecified atom stereocenters. The Kier molecular flexibility index (Phi) is 12.6. The van der Waals surface area contributed by atoms with Crippen LogP contribution in [-0.4, -0.2) is 81.1 Å². The van der Waals surface area contributed by atoms with Gasteiger partial charge in [-0.3, -0.25) is 19.2 Å². The van der Waals surface area contributed by atoms with Crippen LogP contribution in [0.2, 0.25) is 0 Å². The fourth-order valence-corrected chi connectivity index (χ4v) is 3.15. The van der Waals surface area contributed by atoms with E-state index in [1.54, 1.807) is 0 Å². The molecule has 1 aromatic heterocycles. The molecule has 4 amide bonds. The minimum Gasteiger partial charge on any atom is -0.480 e. The third kappa shape index (κ3) is 10.2. The van der Waals surface area contributed by atoms with Gasteiger partial charge in [0.2, 0.25) is 23.6 Å². The molecule has 0 aromatic carbocycles. The van der Waals surface area contributed by atoms with Crippen molar-refractivity contribution in [2.24, 2.45) is 17.2 Å². The lowest BCUT2D eigenvalue weighted by atomic mass is 10.1. The summed E-state index contributed by atoms with van der Waals surface area (Å²) in [4.78, 5) is 67.1. The normalized spacial score (nSPS) is 14.3. The molecular formula is C19H32N8O6S. The number of amides is 4. The summed E-state index contributed by atoms with van der Waals surface area (Å²) in [7, 11) is 0. The van der Waals surface area contributed by atoms with E-state index in [1.165, 1.54) is 12.5 Å². The summed E-state index contributed by atoms with van der Waals surface area (Å²) in [6, 6.07) is -4.81. The van der Waals surface area contributed by atoms with Gasteiger partial charge in [0, 0.05) is 24.1 Å². The van der Waals surface area contributed by atoms with E-state index in [1.807, 2.05) is 0 Å². The summed E-state index contributed by atoms with van der Waals surface area (Å²) in [6.07, 6.45) is 3.63. The monoisotopic (exact) mass is 500 g/mol. The van der Waals surface area contributed by atoms with Gasteiger partial charge in [-0.1, -0.05) is 0 Å². The first-order chi connectivity index (χ1) is 16.1. The van der Waals surface area contributed by atoms with Crippen LogP contribution in [0, 0.1) is 0 Å². The molecule has 0 aliphatic heterocycles. The zero-order valence-corrected chi connectivity index (χ0v) is 19.4. The molecule has 0 fully saturated rings. The number of nitrogens with one attached hydrogen (secondary N) is 4. The number of primary amides is 1. The summed E-state index contributed by atoms with van der Waals surface area (Å²) >= 11 is 3.91. The second-order valence-corrected chi connectivity index (χ2v) is 7.91. The third-order valence-electron chi connectivity index (χ3n) is 4.75. The minimum atomic E-state index is -1.27. The van der Waals surface area contributed by atoms with Crippen molar-refractivity contribution in [2.45, 2.75) is 56.3 Å². The highest BCUT2D eigenvalue weighted by molar-refractivity contribution is 7.80. The highest BCUT2D eigenvalue weighted by Gasteiger charge is 2.30. The SMILES string of the molecule is NCCCCC(NC(=O)C(Cc1cnc[nH]1)NC(=O)C(N)CC(N)=O)C(=O)NC(CS)C(=O)O. The Balaban J connectivity index is 3.02. The fourth-order valence-electron chi connectivity index (χ4n) is 2.91. The van der Waals surface area contributed by atoms with E-state index >= 15 is 0 Å². The number of rotatable bonds is 16. The van der Waals surface area contributed by atoms with Crippen LogP contribution in [0.1, 0.15) is 31.4 Å². The van der Waals surface area contributed by atoms with Crippen LogP contribution in [0.3, 0.4) is 0 Å². The molecule has 1 rings (SSSR count). The quantitative estimate of drug-likeness (QED) is 0.0815. The Bertz CT molecular complexity index is 837. The predicted octanol–water partition coefficient (Wildman–Crippen LogP) is -3.25. The number of nitrogens with two attached hydrogens (primary N) is 3. The van der Waals surface area contributed by atoms with Gasteiger partial charge in [-0.25, -0.2) is 9.78 Å². The molecule has 4 atom stereocenters. The summed E-state index contributed by atoms with van der Waals surface area (Å²) in [6.45, 7) is 0.368. The average Bonchev–Trinajstić information content (AvgIpc) is 3.28. The van der Waals surface area contributed by atoms with Crippen LogP contribution in [0.25, 0.3) is 0 Å². The summed E-state index contributed by atoms with van der Waals surface area (Å²) in [5.41, 5.74) is 16.7. The highest BCUT2D eigenvalue weighted by atomic mass is 32.1. The first-order valence-electron chi connectivity index (χ1n) is 10.5. The van der Waals surface area contributed by atoms with Gasteiger partial charge in [0.25, 0.3) is 0 Å². The number of carbonyl (C=O) groups excluding carboxylic acids is 4. The van der Waals surface area contributed by atoms with E-state index in [0.717, 1.165) is 0 Å².